The maximum atomic E-state index is 12.5. The number of carbonyl (C=O) groups is 2. The zero-order chi connectivity index (χ0) is 16.4. The van der Waals surface area contributed by atoms with Gasteiger partial charge in [-0.25, -0.2) is 0 Å². The molecule has 1 aliphatic rings. The van der Waals surface area contributed by atoms with Gasteiger partial charge in [-0.3, -0.25) is 9.59 Å². The van der Waals surface area contributed by atoms with E-state index in [0.29, 0.717) is 5.92 Å². The van der Waals surface area contributed by atoms with Gasteiger partial charge in [0.15, 0.2) is 0 Å². The van der Waals surface area contributed by atoms with Crippen molar-refractivity contribution in [3.63, 3.8) is 0 Å². The molecule has 0 unspecified atom stereocenters. The lowest BCUT2D eigenvalue weighted by Gasteiger charge is -2.40. The van der Waals surface area contributed by atoms with Crippen LogP contribution in [0, 0.1) is 11.3 Å². The Morgan fingerprint density at radius 3 is 2.38 bits per heavy atom. The normalized spacial score (nSPS) is 25.3. The van der Waals surface area contributed by atoms with Gasteiger partial charge in [0.25, 0.3) is 0 Å². The maximum Gasteiger partial charge on any atom is 0.244 e. The fourth-order valence-electron chi connectivity index (χ4n) is 2.86. The third-order valence-corrected chi connectivity index (χ3v) is 4.31. The topological polar surface area (TPSA) is 52.7 Å². The highest BCUT2D eigenvalue weighted by atomic mass is 16.2. The van der Waals surface area contributed by atoms with Gasteiger partial charge >= 0.3 is 0 Å². The summed E-state index contributed by atoms with van der Waals surface area (Å²) in [6.45, 7) is 11.5. The third kappa shape index (κ3) is 4.70. The highest BCUT2D eigenvalue weighted by Gasteiger charge is 2.33. The summed E-state index contributed by atoms with van der Waals surface area (Å²) in [6.07, 6.45) is 0.986. The van der Waals surface area contributed by atoms with E-state index in [1.165, 1.54) is 0 Å². The number of likely N-dealkylation sites (tertiary alicyclic amines) is 1. The van der Waals surface area contributed by atoms with Gasteiger partial charge in [-0.2, -0.15) is 0 Å². The molecule has 0 aromatic rings. The van der Waals surface area contributed by atoms with Crippen molar-refractivity contribution in [1.82, 2.24) is 15.1 Å². The van der Waals surface area contributed by atoms with Gasteiger partial charge in [-0.05, 0) is 32.9 Å². The Hall–Kier alpha value is -1.10. The molecule has 0 bridgehead atoms. The van der Waals surface area contributed by atoms with Crippen molar-refractivity contribution in [2.75, 3.05) is 27.2 Å². The number of rotatable bonds is 3. The number of hydrogen-bond donors (Lipinski definition) is 1. The number of piperidine rings is 1. The zero-order valence-corrected chi connectivity index (χ0v) is 14.6. The Labute approximate surface area is 129 Å². The van der Waals surface area contributed by atoms with Crippen LogP contribution in [-0.4, -0.2) is 60.9 Å². The third-order valence-electron chi connectivity index (χ3n) is 4.31. The molecule has 1 fully saturated rings. The van der Waals surface area contributed by atoms with E-state index < -0.39 is 11.5 Å². The summed E-state index contributed by atoms with van der Waals surface area (Å²) in [5, 5.41) is 2.82. The van der Waals surface area contributed by atoms with E-state index >= 15 is 0 Å². The fraction of sp³-hybridized carbons (Fsp3) is 0.875. The number of likely N-dealkylation sites (N-methyl/N-ethyl adjacent to an activating group) is 1. The first-order chi connectivity index (χ1) is 9.54. The van der Waals surface area contributed by atoms with Crippen molar-refractivity contribution in [3.8, 4) is 0 Å². The van der Waals surface area contributed by atoms with Crippen LogP contribution in [0.3, 0.4) is 0 Å². The first kappa shape index (κ1) is 18.0. The molecule has 1 saturated heterocycles. The SMILES string of the molecule is C[C@H](NC(=O)C(C)(C)C)C(=O)N(C)[C@H]1CCN(C)C[C@@H]1C. The molecule has 2 amide bonds. The van der Waals surface area contributed by atoms with Crippen molar-refractivity contribution in [1.29, 1.82) is 0 Å². The molecule has 0 spiro atoms. The minimum Gasteiger partial charge on any atom is -0.344 e. The Morgan fingerprint density at radius 2 is 1.90 bits per heavy atom. The fourth-order valence-corrected chi connectivity index (χ4v) is 2.86. The van der Waals surface area contributed by atoms with Crippen LogP contribution in [0.1, 0.15) is 41.0 Å². The minimum absolute atomic E-state index is 0.00555. The first-order valence-electron chi connectivity index (χ1n) is 7.80. The first-order valence-corrected chi connectivity index (χ1v) is 7.80. The van der Waals surface area contributed by atoms with Gasteiger partial charge in [0, 0.05) is 25.0 Å². The van der Waals surface area contributed by atoms with Crippen LogP contribution < -0.4 is 5.32 Å². The highest BCUT2D eigenvalue weighted by molar-refractivity contribution is 5.89. The Bertz CT molecular complexity index is 389. The predicted octanol–water partition coefficient (Wildman–Crippen LogP) is 1.34. The van der Waals surface area contributed by atoms with Crippen molar-refractivity contribution in [2.24, 2.45) is 11.3 Å². The van der Waals surface area contributed by atoms with Gasteiger partial charge in [-0.15, -0.1) is 0 Å². The molecule has 122 valence electrons. The summed E-state index contributed by atoms with van der Waals surface area (Å²) in [4.78, 5) is 28.6. The van der Waals surface area contributed by atoms with Crippen LogP contribution >= 0.6 is 0 Å². The summed E-state index contributed by atoms with van der Waals surface area (Å²) in [5.74, 6) is 0.352. The molecule has 1 rings (SSSR count). The molecule has 0 aromatic heterocycles. The van der Waals surface area contributed by atoms with E-state index in [4.69, 9.17) is 0 Å². The molecule has 0 aliphatic carbocycles. The van der Waals surface area contributed by atoms with E-state index in [9.17, 15) is 9.59 Å². The van der Waals surface area contributed by atoms with Gasteiger partial charge in [-0.1, -0.05) is 27.7 Å². The molecule has 1 aliphatic heterocycles. The van der Waals surface area contributed by atoms with Crippen LogP contribution in [0.2, 0.25) is 0 Å². The van der Waals surface area contributed by atoms with Gasteiger partial charge in [0.2, 0.25) is 11.8 Å². The lowest BCUT2D eigenvalue weighted by atomic mass is 9.92. The zero-order valence-electron chi connectivity index (χ0n) is 14.6. The average Bonchev–Trinajstić information content (AvgIpc) is 2.35. The van der Waals surface area contributed by atoms with Crippen LogP contribution in [-0.2, 0) is 9.59 Å². The number of nitrogens with one attached hydrogen (secondary N) is 1. The monoisotopic (exact) mass is 297 g/mol. The van der Waals surface area contributed by atoms with E-state index in [-0.39, 0.29) is 17.9 Å². The summed E-state index contributed by atoms with van der Waals surface area (Å²) in [5.41, 5.74) is -0.478. The summed E-state index contributed by atoms with van der Waals surface area (Å²) in [6, 6.07) is -0.226. The molecular weight excluding hydrogens is 266 g/mol. The minimum atomic E-state index is -0.478. The van der Waals surface area contributed by atoms with E-state index in [1.807, 2.05) is 32.7 Å². The van der Waals surface area contributed by atoms with E-state index in [1.54, 1.807) is 6.92 Å². The van der Waals surface area contributed by atoms with Crippen LogP contribution in [0.25, 0.3) is 0 Å². The standard InChI is InChI=1S/C16H31N3O2/c1-11-10-18(6)9-8-13(11)19(7)14(20)12(2)17-15(21)16(3,4)5/h11-13H,8-10H2,1-7H3,(H,17,21)/t11-,12-,13-/m0/s1. The quantitative estimate of drug-likeness (QED) is 0.855. The summed E-state index contributed by atoms with van der Waals surface area (Å²) in [7, 11) is 3.97. The lowest BCUT2D eigenvalue weighted by molar-refractivity contribution is -0.140. The number of hydrogen-bond acceptors (Lipinski definition) is 3. The van der Waals surface area contributed by atoms with Crippen LogP contribution in [0.4, 0.5) is 0 Å². The molecule has 21 heavy (non-hydrogen) atoms. The van der Waals surface area contributed by atoms with Crippen molar-refractivity contribution < 1.29 is 9.59 Å². The van der Waals surface area contributed by atoms with E-state index in [2.05, 4.69) is 24.2 Å². The summed E-state index contributed by atoms with van der Waals surface area (Å²) >= 11 is 0. The Balaban J connectivity index is 2.63. The van der Waals surface area contributed by atoms with Crippen molar-refractivity contribution in [2.45, 2.75) is 53.1 Å². The smallest absolute Gasteiger partial charge is 0.244 e. The predicted molar refractivity (Wildman–Crippen MR) is 84.9 cm³/mol. The largest absolute Gasteiger partial charge is 0.344 e. The molecule has 0 radical (unpaired) electrons. The van der Waals surface area contributed by atoms with Crippen LogP contribution in [0.15, 0.2) is 0 Å². The van der Waals surface area contributed by atoms with Crippen molar-refractivity contribution >= 4 is 11.8 Å². The highest BCUT2D eigenvalue weighted by Crippen LogP contribution is 2.21. The van der Waals surface area contributed by atoms with E-state index in [0.717, 1.165) is 19.5 Å². The molecular formula is C16H31N3O2. The number of nitrogens with zero attached hydrogens (tertiary/aromatic N) is 2. The van der Waals surface area contributed by atoms with Gasteiger partial charge in [0.1, 0.15) is 6.04 Å². The molecule has 0 saturated carbocycles. The number of amides is 2. The van der Waals surface area contributed by atoms with Crippen LogP contribution in [0.5, 0.6) is 0 Å². The second kappa shape index (κ2) is 6.77. The second-order valence-corrected chi connectivity index (χ2v) is 7.49. The maximum absolute atomic E-state index is 12.5. The second-order valence-electron chi connectivity index (χ2n) is 7.49. The molecule has 5 heteroatoms. The molecule has 3 atom stereocenters. The molecule has 1 N–H and O–H groups in total. The Morgan fingerprint density at radius 1 is 1.33 bits per heavy atom. The van der Waals surface area contributed by atoms with Gasteiger partial charge in [0.05, 0.1) is 0 Å². The molecule has 0 aromatic carbocycles. The molecule has 5 nitrogen and oxygen atoms in total. The summed E-state index contributed by atoms with van der Waals surface area (Å²) < 4.78 is 0. The molecule has 1 heterocycles. The van der Waals surface area contributed by atoms with Gasteiger partial charge < -0.3 is 15.1 Å². The Kier molecular flexibility index (Phi) is 5.79. The lowest BCUT2D eigenvalue weighted by Crippen LogP contribution is -2.55. The average molecular weight is 297 g/mol. The number of carbonyl (C=O) groups excluding carboxylic acids is 2. The van der Waals surface area contributed by atoms with Crippen molar-refractivity contribution in [3.05, 3.63) is 0 Å².